The van der Waals surface area contributed by atoms with Gasteiger partial charge in [0.25, 0.3) is 0 Å². The molecule has 0 aliphatic carbocycles. The molecule has 2 aromatic rings. The van der Waals surface area contributed by atoms with E-state index in [2.05, 4.69) is 13.8 Å². The maximum Gasteiger partial charge on any atom is 0.176 e. The molecule has 0 aliphatic rings. The van der Waals surface area contributed by atoms with Crippen molar-refractivity contribution in [2.45, 2.75) is 52.4 Å². The second-order valence-corrected chi connectivity index (χ2v) is 8.08. The monoisotopic (exact) mass is 362 g/mol. The van der Waals surface area contributed by atoms with Gasteiger partial charge in [-0.05, 0) is 35.7 Å². The summed E-state index contributed by atoms with van der Waals surface area (Å²) >= 11 is 2.97. The highest BCUT2D eigenvalue weighted by molar-refractivity contribution is 7.12. The van der Waals surface area contributed by atoms with Crippen molar-refractivity contribution >= 4 is 34.2 Å². The number of carbonyl (C=O) groups is 2. The summed E-state index contributed by atoms with van der Waals surface area (Å²) in [6, 6.07) is 7.60. The first-order valence-corrected chi connectivity index (χ1v) is 10.6. The molecule has 0 aliphatic heterocycles. The summed E-state index contributed by atoms with van der Waals surface area (Å²) in [5.74, 6) is -0.0663. The number of Topliss-reactive ketones (excluding diaryl/α,β-unsaturated/α-hetero) is 2. The molecule has 2 aromatic heterocycles. The summed E-state index contributed by atoms with van der Waals surface area (Å²) in [5, 5.41) is 3.87. The zero-order valence-corrected chi connectivity index (χ0v) is 16.1. The van der Waals surface area contributed by atoms with Crippen molar-refractivity contribution in [1.82, 2.24) is 0 Å². The van der Waals surface area contributed by atoms with Crippen LogP contribution < -0.4 is 0 Å². The molecule has 2 rings (SSSR count). The molecule has 0 spiro atoms. The summed E-state index contributed by atoms with van der Waals surface area (Å²) in [7, 11) is 0. The predicted octanol–water partition coefficient (Wildman–Crippen LogP) is 6.49. The second kappa shape index (κ2) is 9.90. The van der Waals surface area contributed by atoms with E-state index in [1.54, 1.807) is 0 Å². The van der Waals surface area contributed by atoms with Gasteiger partial charge in [-0.1, -0.05) is 51.7 Å². The number of thiophene rings is 2. The zero-order valence-electron chi connectivity index (χ0n) is 14.5. The Kier molecular flexibility index (Phi) is 7.86. The molecular formula is C20H26O2S2. The molecule has 0 saturated carbocycles. The van der Waals surface area contributed by atoms with E-state index < -0.39 is 0 Å². The average Bonchev–Trinajstić information content (AvgIpc) is 3.30. The largest absolute Gasteiger partial charge is 0.293 e. The van der Waals surface area contributed by atoms with Crippen LogP contribution in [0.1, 0.15) is 71.7 Å². The minimum absolute atomic E-state index is 0.157. The second-order valence-electron chi connectivity index (χ2n) is 6.18. The predicted molar refractivity (Wildman–Crippen MR) is 103 cm³/mol. The maximum atomic E-state index is 13.1. The Morgan fingerprint density at radius 2 is 1.25 bits per heavy atom. The van der Waals surface area contributed by atoms with Gasteiger partial charge in [-0.3, -0.25) is 9.59 Å². The van der Waals surface area contributed by atoms with Crippen LogP contribution in [-0.4, -0.2) is 11.6 Å². The molecule has 2 nitrogen and oxygen atoms in total. The minimum atomic E-state index is -0.190. The topological polar surface area (TPSA) is 34.1 Å². The molecule has 0 unspecified atom stereocenters. The lowest BCUT2D eigenvalue weighted by Gasteiger charge is -2.24. The molecule has 0 amide bonds. The van der Waals surface area contributed by atoms with E-state index in [9.17, 15) is 9.59 Å². The Morgan fingerprint density at radius 1 is 0.833 bits per heavy atom. The SMILES string of the molecule is CCCC[C@H](C(=O)c1cccs1)[C@@H](CCCC)C(=O)c1cccs1. The summed E-state index contributed by atoms with van der Waals surface area (Å²) in [6.45, 7) is 4.27. The van der Waals surface area contributed by atoms with Gasteiger partial charge in [0.1, 0.15) is 0 Å². The van der Waals surface area contributed by atoms with Crippen molar-refractivity contribution in [3.63, 3.8) is 0 Å². The number of ketones is 2. The maximum absolute atomic E-state index is 13.1. The standard InChI is InChI=1S/C20H26O2S2/c1-3-5-9-15(19(21)17-11-7-13-23-17)16(10-6-4-2)20(22)18-12-8-14-24-18/h7-8,11-16H,3-6,9-10H2,1-2H3/t15-,16+. The fourth-order valence-corrected chi connectivity index (χ4v) is 4.54. The molecule has 0 bridgehead atoms. The molecular weight excluding hydrogens is 336 g/mol. The van der Waals surface area contributed by atoms with Crippen molar-refractivity contribution in [3.8, 4) is 0 Å². The molecule has 0 aromatic carbocycles. The van der Waals surface area contributed by atoms with E-state index in [1.165, 1.54) is 22.7 Å². The molecule has 24 heavy (non-hydrogen) atoms. The highest BCUT2D eigenvalue weighted by atomic mass is 32.1. The summed E-state index contributed by atoms with van der Waals surface area (Å²) in [5.41, 5.74) is 0. The molecule has 0 radical (unpaired) electrons. The van der Waals surface area contributed by atoms with E-state index in [0.717, 1.165) is 48.3 Å². The van der Waals surface area contributed by atoms with Crippen molar-refractivity contribution < 1.29 is 9.59 Å². The van der Waals surface area contributed by atoms with Gasteiger partial charge in [0.2, 0.25) is 0 Å². The number of hydrogen-bond donors (Lipinski definition) is 0. The van der Waals surface area contributed by atoms with E-state index in [0.29, 0.717) is 0 Å². The molecule has 130 valence electrons. The molecule has 0 saturated heterocycles. The van der Waals surface area contributed by atoms with Crippen LogP contribution in [0.15, 0.2) is 35.0 Å². The van der Waals surface area contributed by atoms with Gasteiger partial charge in [-0.2, -0.15) is 0 Å². The first-order valence-electron chi connectivity index (χ1n) is 8.84. The fraction of sp³-hybridized carbons (Fsp3) is 0.500. The van der Waals surface area contributed by atoms with Crippen LogP contribution in [0.4, 0.5) is 0 Å². The summed E-state index contributed by atoms with van der Waals surface area (Å²) in [4.78, 5) is 27.7. The van der Waals surface area contributed by atoms with Gasteiger partial charge in [-0.15, -0.1) is 22.7 Å². The zero-order chi connectivity index (χ0) is 17.4. The highest BCUT2D eigenvalue weighted by Gasteiger charge is 2.34. The van der Waals surface area contributed by atoms with Crippen LogP contribution in [0.25, 0.3) is 0 Å². The quantitative estimate of drug-likeness (QED) is 0.428. The third-order valence-corrected chi connectivity index (χ3v) is 6.19. The molecule has 0 fully saturated rings. The van der Waals surface area contributed by atoms with Crippen molar-refractivity contribution in [2.75, 3.05) is 0 Å². The fourth-order valence-electron chi connectivity index (χ4n) is 3.08. The number of hydrogen-bond acceptors (Lipinski definition) is 4. The van der Waals surface area contributed by atoms with Gasteiger partial charge in [0.05, 0.1) is 9.75 Å². The van der Waals surface area contributed by atoms with Gasteiger partial charge in [0, 0.05) is 11.8 Å². The average molecular weight is 363 g/mol. The lowest BCUT2D eigenvalue weighted by Crippen LogP contribution is -2.30. The molecule has 2 atom stereocenters. The van der Waals surface area contributed by atoms with E-state index in [1.807, 2.05) is 35.0 Å². The Labute approximate surface area is 152 Å². The third kappa shape index (κ3) is 4.87. The van der Waals surface area contributed by atoms with Gasteiger partial charge < -0.3 is 0 Å². The molecule has 2 heterocycles. The molecule has 0 N–H and O–H groups in total. The Balaban J connectivity index is 2.28. The summed E-state index contributed by atoms with van der Waals surface area (Å²) in [6.07, 6.45) is 5.67. The first kappa shape index (κ1) is 19.1. The minimum Gasteiger partial charge on any atom is -0.293 e. The number of rotatable bonds is 11. The lowest BCUT2D eigenvalue weighted by atomic mass is 9.78. The first-order chi connectivity index (χ1) is 11.7. The Morgan fingerprint density at radius 3 is 1.54 bits per heavy atom. The van der Waals surface area contributed by atoms with Crippen molar-refractivity contribution in [2.24, 2.45) is 11.8 Å². The number of carbonyl (C=O) groups excluding carboxylic acids is 2. The molecule has 4 heteroatoms. The van der Waals surface area contributed by atoms with Crippen molar-refractivity contribution in [3.05, 3.63) is 44.8 Å². The van der Waals surface area contributed by atoms with Gasteiger partial charge in [0.15, 0.2) is 11.6 Å². The van der Waals surface area contributed by atoms with E-state index in [-0.39, 0.29) is 23.4 Å². The van der Waals surface area contributed by atoms with Gasteiger partial charge >= 0.3 is 0 Å². The van der Waals surface area contributed by atoms with Crippen LogP contribution >= 0.6 is 22.7 Å². The van der Waals surface area contributed by atoms with Crippen molar-refractivity contribution in [1.29, 1.82) is 0 Å². The lowest BCUT2D eigenvalue weighted by molar-refractivity contribution is 0.0746. The smallest absolute Gasteiger partial charge is 0.176 e. The van der Waals surface area contributed by atoms with Crippen LogP contribution in [0.3, 0.4) is 0 Å². The third-order valence-electron chi connectivity index (χ3n) is 4.42. The Bertz CT molecular complexity index is 558. The van der Waals surface area contributed by atoms with Crippen LogP contribution in [0, 0.1) is 11.8 Å². The van der Waals surface area contributed by atoms with Gasteiger partial charge in [-0.25, -0.2) is 0 Å². The Hall–Kier alpha value is -1.26. The van der Waals surface area contributed by atoms with Crippen LogP contribution in [0.5, 0.6) is 0 Å². The van der Waals surface area contributed by atoms with Crippen LogP contribution in [-0.2, 0) is 0 Å². The normalized spacial score (nSPS) is 13.6. The summed E-state index contributed by atoms with van der Waals surface area (Å²) < 4.78 is 0. The number of unbranched alkanes of at least 4 members (excludes halogenated alkanes) is 2. The highest BCUT2D eigenvalue weighted by Crippen LogP contribution is 2.32. The van der Waals surface area contributed by atoms with Crippen LogP contribution in [0.2, 0.25) is 0 Å². The van der Waals surface area contributed by atoms with E-state index in [4.69, 9.17) is 0 Å². The van der Waals surface area contributed by atoms with E-state index >= 15 is 0 Å².